The molecular formula is C14H18ClFOS. The second-order valence-corrected chi connectivity index (χ2v) is 7.17. The molecule has 1 fully saturated rings. The summed E-state index contributed by atoms with van der Waals surface area (Å²) in [6.45, 7) is 4.10. The minimum atomic E-state index is -0.874. The zero-order valence-electron chi connectivity index (χ0n) is 10.7. The maximum Gasteiger partial charge on any atom is 0.126 e. The highest BCUT2D eigenvalue weighted by Gasteiger charge is 2.45. The van der Waals surface area contributed by atoms with Crippen molar-refractivity contribution in [3.63, 3.8) is 0 Å². The molecule has 2 rings (SSSR count). The summed E-state index contributed by atoms with van der Waals surface area (Å²) in [6.07, 6.45) is 1.26. The van der Waals surface area contributed by atoms with Gasteiger partial charge in [0.15, 0.2) is 0 Å². The van der Waals surface area contributed by atoms with Gasteiger partial charge in [-0.1, -0.05) is 25.4 Å². The van der Waals surface area contributed by atoms with Crippen molar-refractivity contribution in [1.29, 1.82) is 0 Å². The van der Waals surface area contributed by atoms with Crippen LogP contribution in [0.1, 0.15) is 25.8 Å². The lowest BCUT2D eigenvalue weighted by atomic mass is 9.70. The Morgan fingerprint density at radius 2 is 2.17 bits per heavy atom. The molecule has 1 aliphatic heterocycles. The Bertz CT molecular complexity index is 449. The molecule has 1 nitrogen and oxygen atoms in total. The molecule has 0 saturated carbocycles. The fraction of sp³-hybridized carbons (Fsp3) is 0.571. The van der Waals surface area contributed by atoms with Gasteiger partial charge in [0.2, 0.25) is 0 Å². The zero-order chi connectivity index (χ0) is 13.4. The van der Waals surface area contributed by atoms with Crippen molar-refractivity contribution in [2.45, 2.75) is 32.3 Å². The van der Waals surface area contributed by atoms with E-state index in [-0.39, 0.29) is 11.2 Å². The third-order valence-corrected chi connectivity index (χ3v) is 5.37. The van der Waals surface area contributed by atoms with Gasteiger partial charge in [-0.05, 0) is 41.4 Å². The molecular weight excluding hydrogens is 271 g/mol. The van der Waals surface area contributed by atoms with Crippen LogP contribution in [0.2, 0.25) is 5.02 Å². The second-order valence-electron chi connectivity index (χ2n) is 5.63. The first-order valence-corrected chi connectivity index (χ1v) is 7.61. The molecule has 0 amide bonds. The number of rotatable bonds is 2. The van der Waals surface area contributed by atoms with Gasteiger partial charge in [-0.3, -0.25) is 0 Å². The average Bonchev–Trinajstić information content (AvgIpc) is 2.28. The van der Waals surface area contributed by atoms with Crippen LogP contribution in [-0.4, -0.2) is 22.2 Å². The smallest absolute Gasteiger partial charge is 0.126 e. The molecule has 1 saturated heterocycles. The Kier molecular flexibility index (Phi) is 3.96. The highest BCUT2D eigenvalue weighted by Crippen LogP contribution is 2.44. The van der Waals surface area contributed by atoms with Gasteiger partial charge in [0, 0.05) is 17.2 Å². The number of thioether (sulfide) groups is 1. The predicted octanol–water partition coefficient (Wildman–Crippen LogP) is 3.92. The van der Waals surface area contributed by atoms with Gasteiger partial charge < -0.3 is 5.11 Å². The summed E-state index contributed by atoms with van der Waals surface area (Å²) in [4.78, 5) is 0. The largest absolute Gasteiger partial charge is 0.388 e. The van der Waals surface area contributed by atoms with E-state index in [0.717, 1.165) is 12.2 Å². The second kappa shape index (κ2) is 5.03. The lowest BCUT2D eigenvalue weighted by Gasteiger charge is -2.46. The predicted molar refractivity (Wildman–Crippen MR) is 75.8 cm³/mol. The van der Waals surface area contributed by atoms with Gasteiger partial charge in [-0.25, -0.2) is 4.39 Å². The third kappa shape index (κ3) is 2.68. The van der Waals surface area contributed by atoms with E-state index >= 15 is 0 Å². The fourth-order valence-electron chi connectivity index (χ4n) is 2.28. The topological polar surface area (TPSA) is 20.2 Å². The number of hydrogen-bond acceptors (Lipinski definition) is 2. The third-order valence-electron chi connectivity index (χ3n) is 3.96. The van der Waals surface area contributed by atoms with Crippen LogP contribution in [0.25, 0.3) is 0 Å². The quantitative estimate of drug-likeness (QED) is 0.890. The molecule has 1 aliphatic rings. The molecule has 0 aromatic heterocycles. The summed E-state index contributed by atoms with van der Waals surface area (Å²) in [5.74, 6) is 1.40. The SMILES string of the molecule is CC1(C)CCSCC1(O)Cc1cc(Cl)ccc1F. The normalized spacial score (nSPS) is 27.2. The van der Waals surface area contributed by atoms with E-state index in [4.69, 9.17) is 11.6 Å². The van der Waals surface area contributed by atoms with Crippen LogP contribution in [0.15, 0.2) is 18.2 Å². The van der Waals surface area contributed by atoms with Gasteiger partial charge in [0.1, 0.15) is 5.82 Å². The highest BCUT2D eigenvalue weighted by molar-refractivity contribution is 7.99. The molecule has 100 valence electrons. The first-order valence-electron chi connectivity index (χ1n) is 6.08. The molecule has 0 spiro atoms. The molecule has 4 heteroatoms. The van der Waals surface area contributed by atoms with Crippen LogP contribution in [0.5, 0.6) is 0 Å². The number of benzene rings is 1. The molecule has 1 aromatic rings. The Hall–Kier alpha value is -0.250. The van der Waals surface area contributed by atoms with Crippen LogP contribution in [0, 0.1) is 11.2 Å². The average molecular weight is 289 g/mol. The summed E-state index contributed by atoms with van der Waals surface area (Å²) < 4.78 is 13.8. The number of hydrogen-bond donors (Lipinski definition) is 1. The first kappa shape index (κ1) is 14.2. The summed E-state index contributed by atoms with van der Waals surface area (Å²) in [6, 6.07) is 4.51. The monoisotopic (exact) mass is 288 g/mol. The standard InChI is InChI=1S/C14H18ClFOS/c1-13(2)5-6-18-9-14(13,17)8-10-7-11(15)3-4-12(10)16/h3-4,7,17H,5-6,8-9H2,1-2H3. The van der Waals surface area contributed by atoms with Crippen molar-refractivity contribution in [3.05, 3.63) is 34.6 Å². The van der Waals surface area contributed by atoms with Crippen LogP contribution >= 0.6 is 23.4 Å². The molecule has 0 radical (unpaired) electrons. The van der Waals surface area contributed by atoms with Gasteiger partial charge in [0.05, 0.1) is 5.60 Å². The van der Waals surface area contributed by atoms with E-state index in [9.17, 15) is 9.50 Å². The Morgan fingerprint density at radius 1 is 1.44 bits per heavy atom. The van der Waals surface area contributed by atoms with Crippen LogP contribution < -0.4 is 0 Å². The van der Waals surface area contributed by atoms with E-state index in [1.807, 2.05) is 0 Å². The molecule has 1 atom stereocenters. The van der Waals surface area contributed by atoms with Crippen molar-refractivity contribution in [2.75, 3.05) is 11.5 Å². The maximum absolute atomic E-state index is 13.8. The van der Waals surface area contributed by atoms with Crippen LogP contribution in [0.3, 0.4) is 0 Å². The highest BCUT2D eigenvalue weighted by atomic mass is 35.5. The lowest BCUT2D eigenvalue weighted by molar-refractivity contribution is -0.0518. The molecule has 1 aromatic carbocycles. The van der Waals surface area contributed by atoms with Crippen molar-refractivity contribution in [1.82, 2.24) is 0 Å². The fourth-order valence-corrected chi connectivity index (χ4v) is 4.10. The summed E-state index contributed by atoms with van der Waals surface area (Å²) in [5, 5.41) is 11.3. The minimum Gasteiger partial charge on any atom is -0.388 e. The summed E-state index contributed by atoms with van der Waals surface area (Å²) in [5.41, 5.74) is -0.574. The molecule has 0 bridgehead atoms. The minimum absolute atomic E-state index is 0.201. The van der Waals surface area contributed by atoms with E-state index < -0.39 is 5.60 Å². The van der Waals surface area contributed by atoms with Crippen molar-refractivity contribution >= 4 is 23.4 Å². The summed E-state index contributed by atoms with van der Waals surface area (Å²) in [7, 11) is 0. The van der Waals surface area contributed by atoms with Crippen molar-refractivity contribution in [2.24, 2.45) is 5.41 Å². The Morgan fingerprint density at radius 3 is 2.83 bits per heavy atom. The molecule has 1 heterocycles. The zero-order valence-corrected chi connectivity index (χ0v) is 12.2. The van der Waals surface area contributed by atoms with Gasteiger partial charge >= 0.3 is 0 Å². The molecule has 0 aliphatic carbocycles. The summed E-state index contributed by atoms with van der Waals surface area (Å²) >= 11 is 7.63. The lowest BCUT2D eigenvalue weighted by Crippen LogP contribution is -2.51. The van der Waals surface area contributed by atoms with E-state index in [1.54, 1.807) is 17.8 Å². The van der Waals surface area contributed by atoms with Crippen LogP contribution in [0.4, 0.5) is 4.39 Å². The van der Waals surface area contributed by atoms with Crippen LogP contribution in [-0.2, 0) is 6.42 Å². The maximum atomic E-state index is 13.8. The van der Waals surface area contributed by atoms with Gasteiger partial charge in [-0.2, -0.15) is 11.8 Å². The Labute approximate surface area is 117 Å². The molecule has 1 unspecified atom stereocenters. The number of aliphatic hydroxyl groups is 1. The first-order chi connectivity index (χ1) is 8.34. The van der Waals surface area contributed by atoms with Gasteiger partial charge in [-0.15, -0.1) is 0 Å². The molecule has 18 heavy (non-hydrogen) atoms. The van der Waals surface area contributed by atoms with Crippen molar-refractivity contribution in [3.8, 4) is 0 Å². The number of halogens is 2. The molecule has 1 N–H and O–H groups in total. The van der Waals surface area contributed by atoms with Gasteiger partial charge in [0.25, 0.3) is 0 Å². The van der Waals surface area contributed by atoms with E-state index in [1.165, 1.54) is 12.1 Å². The Balaban J connectivity index is 2.28. The van der Waals surface area contributed by atoms with E-state index in [2.05, 4.69) is 13.8 Å². The van der Waals surface area contributed by atoms with E-state index in [0.29, 0.717) is 22.8 Å². The van der Waals surface area contributed by atoms with Crippen molar-refractivity contribution < 1.29 is 9.50 Å².